The zero-order valence-corrected chi connectivity index (χ0v) is 11.2. The van der Waals surface area contributed by atoms with Crippen LogP contribution in [0.4, 0.5) is 4.39 Å². The molecular formula is C13H18BrF. The van der Waals surface area contributed by atoms with Gasteiger partial charge in [0.25, 0.3) is 0 Å². The van der Waals surface area contributed by atoms with Crippen molar-refractivity contribution in [3.05, 3.63) is 34.6 Å². The molecule has 0 amide bonds. The molecule has 0 saturated heterocycles. The van der Waals surface area contributed by atoms with E-state index in [0.29, 0.717) is 4.83 Å². The monoisotopic (exact) mass is 272 g/mol. The highest BCUT2D eigenvalue weighted by molar-refractivity contribution is 9.09. The SMILES string of the molecule is CCCCC(Br)c1c(C)cc(F)cc1C. The zero-order valence-electron chi connectivity index (χ0n) is 9.61. The van der Waals surface area contributed by atoms with Crippen LogP contribution < -0.4 is 0 Å². The Morgan fingerprint density at radius 1 is 1.27 bits per heavy atom. The summed E-state index contributed by atoms with van der Waals surface area (Å²) in [5.74, 6) is -0.135. The Hall–Kier alpha value is -0.370. The van der Waals surface area contributed by atoms with E-state index in [1.54, 1.807) is 12.1 Å². The summed E-state index contributed by atoms with van der Waals surface area (Å²) in [7, 11) is 0. The van der Waals surface area contributed by atoms with Gasteiger partial charge < -0.3 is 0 Å². The Kier molecular flexibility index (Phi) is 4.78. The standard InChI is InChI=1S/C13H18BrF/c1-4-5-6-12(14)13-9(2)7-11(15)8-10(13)3/h7-8,12H,4-6H2,1-3H3. The highest BCUT2D eigenvalue weighted by atomic mass is 79.9. The third-order valence-corrected chi connectivity index (χ3v) is 3.60. The molecule has 1 aromatic carbocycles. The normalized spacial score (nSPS) is 12.9. The number of halogens is 2. The van der Waals surface area contributed by atoms with Gasteiger partial charge in [-0.25, -0.2) is 4.39 Å². The first-order chi connectivity index (χ1) is 7.06. The molecule has 0 fully saturated rings. The van der Waals surface area contributed by atoms with Gasteiger partial charge in [-0.15, -0.1) is 0 Å². The number of hydrogen-bond acceptors (Lipinski definition) is 0. The lowest BCUT2D eigenvalue weighted by Gasteiger charge is -2.16. The molecule has 84 valence electrons. The van der Waals surface area contributed by atoms with Crippen molar-refractivity contribution in [2.45, 2.75) is 44.9 Å². The average Bonchev–Trinajstić information content (AvgIpc) is 2.12. The first-order valence-electron chi connectivity index (χ1n) is 5.47. The van der Waals surface area contributed by atoms with E-state index in [0.717, 1.165) is 17.5 Å². The van der Waals surface area contributed by atoms with E-state index in [2.05, 4.69) is 22.9 Å². The minimum absolute atomic E-state index is 0.135. The van der Waals surface area contributed by atoms with Crippen LogP contribution in [0.15, 0.2) is 12.1 Å². The Morgan fingerprint density at radius 3 is 2.27 bits per heavy atom. The molecule has 0 aliphatic rings. The molecule has 1 unspecified atom stereocenters. The van der Waals surface area contributed by atoms with E-state index in [4.69, 9.17) is 0 Å². The minimum Gasteiger partial charge on any atom is -0.207 e. The van der Waals surface area contributed by atoms with Gasteiger partial charge >= 0.3 is 0 Å². The predicted molar refractivity (Wildman–Crippen MR) is 67.1 cm³/mol. The van der Waals surface area contributed by atoms with Crippen LogP contribution in [0.2, 0.25) is 0 Å². The maximum Gasteiger partial charge on any atom is 0.123 e. The summed E-state index contributed by atoms with van der Waals surface area (Å²) in [6, 6.07) is 3.23. The molecule has 1 aromatic rings. The van der Waals surface area contributed by atoms with Crippen LogP contribution in [0.5, 0.6) is 0 Å². The molecule has 15 heavy (non-hydrogen) atoms. The lowest BCUT2D eigenvalue weighted by molar-refractivity contribution is 0.622. The van der Waals surface area contributed by atoms with Crippen molar-refractivity contribution in [1.29, 1.82) is 0 Å². The van der Waals surface area contributed by atoms with Crippen LogP contribution in [-0.4, -0.2) is 0 Å². The fraction of sp³-hybridized carbons (Fsp3) is 0.538. The van der Waals surface area contributed by atoms with Crippen molar-refractivity contribution in [3.8, 4) is 0 Å². The van der Waals surface area contributed by atoms with Crippen molar-refractivity contribution < 1.29 is 4.39 Å². The molecule has 0 radical (unpaired) electrons. The van der Waals surface area contributed by atoms with Crippen molar-refractivity contribution >= 4 is 15.9 Å². The van der Waals surface area contributed by atoms with E-state index < -0.39 is 0 Å². The van der Waals surface area contributed by atoms with Crippen LogP contribution in [-0.2, 0) is 0 Å². The summed E-state index contributed by atoms with van der Waals surface area (Å²) < 4.78 is 13.1. The van der Waals surface area contributed by atoms with E-state index in [1.165, 1.54) is 18.4 Å². The van der Waals surface area contributed by atoms with Gasteiger partial charge in [0.1, 0.15) is 5.82 Å². The second kappa shape index (κ2) is 5.64. The second-order valence-electron chi connectivity index (χ2n) is 4.06. The van der Waals surface area contributed by atoms with Gasteiger partial charge in [0, 0.05) is 4.83 Å². The Bertz CT molecular complexity index is 310. The first kappa shape index (κ1) is 12.7. The first-order valence-corrected chi connectivity index (χ1v) is 6.38. The molecule has 2 heteroatoms. The number of aryl methyl sites for hydroxylation is 2. The van der Waals surface area contributed by atoms with Crippen LogP contribution >= 0.6 is 15.9 Å². The second-order valence-corrected chi connectivity index (χ2v) is 5.17. The Morgan fingerprint density at radius 2 is 1.80 bits per heavy atom. The molecule has 0 aliphatic carbocycles. The van der Waals surface area contributed by atoms with Gasteiger partial charge in [0.15, 0.2) is 0 Å². The molecule has 0 bridgehead atoms. The number of benzene rings is 1. The van der Waals surface area contributed by atoms with Gasteiger partial charge in [-0.2, -0.15) is 0 Å². The molecule has 0 aliphatic heterocycles. The summed E-state index contributed by atoms with van der Waals surface area (Å²) in [5, 5.41) is 0. The maximum absolute atomic E-state index is 13.1. The van der Waals surface area contributed by atoms with E-state index >= 15 is 0 Å². The lowest BCUT2D eigenvalue weighted by atomic mass is 9.97. The maximum atomic E-state index is 13.1. The topological polar surface area (TPSA) is 0 Å². The van der Waals surface area contributed by atoms with Gasteiger partial charge in [-0.1, -0.05) is 35.7 Å². The smallest absolute Gasteiger partial charge is 0.123 e. The predicted octanol–water partition coefficient (Wildman–Crippen LogP) is 5.07. The van der Waals surface area contributed by atoms with Crippen molar-refractivity contribution in [2.75, 3.05) is 0 Å². The fourth-order valence-corrected chi connectivity index (χ4v) is 2.99. The van der Waals surface area contributed by atoms with Gasteiger partial charge in [-0.3, -0.25) is 0 Å². The molecule has 0 N–H and O–H groups in total. The third kappa shape index (κ3) is 3.30. The third-order valence-electron chi connectivity index (χ3n) is 2.68. The molecule has 0 spiro atoms. The summed E-state index contributed by atoms with van der Waals surface area (Å²) in [5.41, 5.74) is 3.35. The number of hydrogen-bond donors (Lipinski definition) is 0. The highest BCUT2D eigenvalue weighted by Crippen LogP contribution is 2.33. The van der Waals surface area contributed by atoms with Crippen LogP contribution in [0.25, 0.3) is 0 Å². The van der Waals surface area contributed by atoms with Crippen molar-refractivity contribution in [1.82, 2.24) is 0 Å². The Labute approximate surface area is 100 Å². The summed E-state index contributed by atoms with van der Waals surface area (Å²) in [4.78, 5) is 0.359. The number of alkyl halides is 1. The largest absolute Gasteiger partial charge is 0.207 e. The lowest BCUT2D eigenvalue weighted by Crippen LogP contribution is -1.98. The molecular weight excluding hydrogens is 255 g/mol. The molecule has 1 atom stereocenters. The Balaban J connectivity index is 2.92. The van der Waals surface area contributed by atoms with Crippen LogP contribution in [0.1, 0.15) is 47.7 Å². The van der Waals surface area contributed by atoms with Crippen molar-refractivity contribution in [3.63, 3.8) is 0 Å². The quantitative estimate of drug-likeness (QED) is 0.672. The average molecular weight is 273 g/mol. The van der Waals surface area contributed by atoms with Crippen LogP contribution in [0.3, 0.4) is 0 Å². The molecule has 1 rings (SSSR count). The van der Waals surface area contributed by atoms with Gasteiger partial charge in [-0.05, 0) is 49.1 Å². The van der Waals surface area contributed by atoms with E-state index in [1.807, 2.05) is 13.8 Å². The number of unbranched alkanes of at least 4 members (excludes halogenated alkanes) is 1. The van der Waals surface area contributed by atoms with E-state index in [-0.39, 0.29) is 5.82 Å². The molecule has 0 nitrogen and oxygen atoms in total. The molecule has 0 saturated carbocycles. The number of rotatable bonds is 4. The van der Waals surface area contributed by atoms with Gasteiger partial charge in [0.05, 0.1) is 0 Å². The summed E-state index contributed by atoms with van der Waals surface area (Å²) in [6.07, 6.45) is 3.51. The minimum atomic E-state index is -0.135. The summed E-state index contributed by atoms with van der Waals surface area (Å²) >= 11 is 3.69. The van der Waals surface area contributed by atoms with Gasteiger partial charge in [0.2, 0.25) is 0 Å². The van der Waals surface area contributed by atoms with Crippen molar-refractivity contribution in [2.24, 2.45) is 0 Å². The zero-order chi connectivity index (χ0) is 11.4. The molecule has 0 heterocycles. The summed E-state index contributed by atoms with van der Waals surface area (Å²) in [6.45, 7) is 6.14. The van der Waals surface area contributed by atoms with Crippen LogP contribution in [0, 0.1) is 19.7 Å². The molecule has 0 aromatic heterocycles. The fourth-order valence-electron chi connectivity index (χ4n) is 1.94. The highest BCUT2D eigenvalue weighted by Gasteiger charge is 2.13. The van der Waals surface area contributed by atoms with E-state index in [9.17, 15) is 4.39 Å².